The standard InChI is InChI=1S/C22H27ClN2O4S/c1-25-19-10-7-6-9-17(19)22(24-14-8-4-3-5-11-21(26)29-2)18-13-12-16(23)15-20(18)30(25,27)28/h6-7,9-10,12-13,15,22,24H,3-5,8,11,14H2,1-2H3/i3D2,4D2,5D2,8D2,11D2,14D2. The number of sulfonamides is 1. The summed E-state index contributed by atoms with van der Waals surface area (Å²) in [5.41, 5.74) is 0.0710. The number of nitrogens with one attached hydrogen (secondary N) is 1. The highest BCUT2D eigenvalue weighted by Gasteiger charge is 2.34. The fourth-order valence-electron chi connectivity index (χ4n) is 2.92. The SMILES string of the molecule is [2H]C([2H])(NC1c2ccccc2N(C)S(=O)(=O)c2cc(Cl)ccc21)C([2H])([2H])C([2H])([2H])C([2H])([2H])C([2H])([2H])C([2H])([2H])C(=O)OC. The molecule has 1 unspecified atom stereocenters. The van der Waals surface area contributed by atoms with E-state index < -0.39 is 60.4 Å². The van der Waals surface area contributed by atoms with Gasteiger partial charge < -0.3 is 10.1 Å². The second kappa shape index (κ2) is 9.81. The van der Waals surface area contributed by atoms with Crippen LogP contribution in [0.2, 0.25) is 5.02 Å². The zero-order valence-corrected chi connectivity index (χ0v) is 17.6. The normalized spacial score (nSPS) is 25.8. The van der Waals surface area contributed by atoms with Crippen LogP contribution >= 0.6 is 11.6 Å². The van der Waals surface area contributed by atoms with Crippen LogP contribution in [-0.2, 0) is 19.6 Å². The van der Waals surface area contributed by atoms with E-state index in [1.165, 1.54) is 43.4 Å². The first-order valence-corrected chi connectivity index (χ1v) is 10.4. The molecule has 0 radical (unpaired) electrons. The highest BCUT2D eigenvalue weighted by Crippen LogP contribution is 2.40. The first kappa shape index (κ1) is 11.5. The molecule has 30 heavy (non-hydrogen) atoms. The van der Waals surface area contributed by atoms with E-state index in [1.54, 1.807) is 0 Å². The van der Waals surface area contributed by atoms with Gasteiger partial charge in [0.2, 0.25) is 0 Å². The van der Waals surface area contributed by atoms with Crippen LogP contribution in [0.5, 0.6) is 0 Å². The van der Waals surface area contributed by atoms with Gasteiger partial charge in [0.25, 0.3) is 10.0 Å². The zero-order valence-electron chi connectivity index (χ0n) is 28.0. The molecule has 0 saturated carbocycles. The fourth-order valence-corrected chi connectivity index (χ4v) is 4.64. The number of methoxy groups -OCH3 is 1. The van der Waals surface area contributed by atoms with E-state index in [2.05, 4.69) is 10.1 Å². The average molecular weight is 463 g/mol. The summed E-state index contributed by atoms with van der Waals surface area (Å²) in [6, 6.07) is 8.00. The molecule has 3 rings (SSSR count). The van der Waals surface area contributed by atoms with Crippen LogP contribution in [0.15, 0.2) is 47.4 Å². The molecule has 1 atom stereocenters. The first-order chi connectivity index (χ1) is 18.8. The number of halogens is 1. The second-order valence-electron chi connectivity index (χ2n) is 6.03. The van der Waals surface area contributed by atoms with Gasteiger partial charge in [-0.3, -0.25) is 9.10 Å². The van der Waals surface area contributed by atoms with Gasteiger partial charge in [0.15, 0.2) is 0 Å². The Morgan fingerprint density at radius 2 is 1.90 bits per heavy atom. The molecule has 0 fully saturated rings. The number of rotatable bonds is 8. The Balaban J connectivity index is 2.22. The lowest BCUT2D eigenvalue weighted by Crippen LogP contribution is -2.26. The smallest absolute Gasteiger partial charge is 0.305 e. The van der Waals surface area contributed by atoms with E-state index in [0.29, 0.717) is 7.11 Å². The lowest BCUT2D eigenvalue weighted by Gasteiger charge is -2.22. The number of carbonyl (C=O) groups excluding carboxylic acids is 1. The zero-order chi connectivity index (χ0) is 32.5. The minimum Gasteiger partial charge on any atom is -0.469 e. The summed E-state index contributed by atoms with van der Waals surface area (Å²) in [4.78, 5) is 11.6. The maximum atomic E-state index is 13.5. The van der Waals surface area contributed by atoms with Crippen molar-refractivity contribution < 1.29 is 34.4 Å². The summed E-state index contributed by atoms with van der Waals surface area (Å²) in [6.45, 7) is -3.61. The molecule has 2 aromatic rings. The summed E-state index contributed by atoms with van der Waals surface area (Å²) < 4.78 is 131. The maximum Gasteiger partial charge on any atom is 0.305 e. The number of anilines is 1. The number of esters is 1. The van der Waals surface area contributed by atoms with Crippen molar-refractivity contribution >= 4 is 33.3 Å². The lowest BCUT2D eigenvalue weighted by atomic mass is 9.96. The van der Waals surface area contributed by atoms with Crippen LogP contribution in [0.3, 0.4) is 0 Å². The van der Waals surface area contributed by atoms with Gasteiger partial charge in [0, 0.05) is 34.9 Å². The van der Waals surface area contributed by atoms with Gasteiger partial charge in [-0.15, -0.1) is 0 Å². The highest BCUT2D eigenvalue weighted by molar-refractivity contribution is 7.92. The van der Waals surface area contributed by atoms with Crippen molar-refractivity contribution in [1.29, 1.82) is 0 Å². The largest absolute Gasteiger partial charge is 0.469 e. The average Bonchev–Trinajstić information content (AvgIpc) is 2.95. The number of ether oxygens (including phenoxy) is 1. The number of para-hydroxylation sites is 1. The number of nitrogens with zero attached hydrogens (tertiary/aromatic N) is 1. The second-order valence-corrected chi connectivity index (χ2v) is 8.41. The van der Waals surface area contributed by atoms with Crippen molar-refractivity contribution in [2.24, 2.45) is 0 Å². The quantitative estimate of drug-likeness (QED) is 0.592. The number of hydrogen-bond acceptors (Lipinski definition) is 5. The van der Waals surface area contributed by atoms with Crippen LogP contribution in [0.25, 0.3) is 0 Å². The Bertz CT molecular complexity index is 1500. The van der Waals surface area contributed by atoms with Crippen molar-refractivity contribution in [3.05, 3.63) is 58.6 Å². The van der Waals surface area contributed by atoms with Gasteiger partial charge in [-0.25, -0.2) is 8.42 Å². The Morgan fingerprint density at radius 1 is 1.17 bits per heavy atom. The Morgan fingerprint density at radius 3 is 2.67 bits per heavy atom. The van der Waals surface area contributed by atoms with Gasteiger partial charge >= 0.3 is 5.97 Å². The fraction of sp³-hybridized carbons (Fsp3) is 0.409. The molecular weight excluding hydrogens is 424 g/mol. The summed E-state index contributed by atoms with van der Waals surface area (Å²) in [7, 11) is -2.37. The number of benzene rings is 2. The third-order valence-corrected chi connectivity index (χ3v) is 6.39. The number of hydrogen-bond donors (Lipinski definition) is 1. The molecular formula is C22H27ClN2O4S. The molecule has 0 spiro atoms. The van der Waals surface area contributed by atoms with Crippen molar-refractivity contribution in [3.8, 4) is 0 Å². The molecule has 0 amide bonds. The van der Waals surface area contributed by atoms with Crippen LogP contribution in [0.4, 0.5) is 5.69 Å². The highest BCUT2D eigenvalue weighted by atomic mass is 35.5. The molecule has 1 aliphatic heterocycles. The molecule has 0 bridgehead atoms. The predicted octanol–water partition coefficient (Wildman–Crippen LogP) is 4.28. The van der Waals surface area contributed by atoms with Crippen LogP contribution in [-0.4, -0.2) is 35.0 Å². The van der Waals surface area contributed by atoms with Gasteiger partial charge in [0.1, 0.15) is 0 Å². The summed E-state index contributed by atoms with van der Waals surface area (Å²) in [6.07, 6.45) is -20.3. The van der Waals surface area contributed by atoms with Gasteiger partial charge in [-0.1, -0.05) is 48.6 Å². The molecule has 1 heterocycles. The molecule has 2 aromatic carbocycles. The molecule has 0 aromatic heterocycles. The third kappa shape index (κ3) is 4.79. The Kier molecular flexibility index (Phi) is 3.76. The first-order valence-electron chi connectivity index (χ1n) is 14.6. The summed E-state index contributed by atoms with van der Waals surface area (Å²) >= 11 is 6.06. The van der Waals surface area contributed by atoms with Gasteiger partial charge in [-0.05, 0) is 48.6 Å². The third-order valence-electron chi connectivity index (χ3n) is 4.33. The maximum absolute atomic E-state index is 13.5. The van der Waals surface area contributed by atoms with E-state index in [9.17, 15) is 13.2 Å². The van der Waals surface area contributed by atoms with E-state index >= 15 is 0 Å². The number of carbonyl (C=O) groups is 1. The minimum absolute atomic E-state index is 0.0143. The van der Waals surface area contributed by atoms with Crippen molar-refractivity contribution in [2.45, 2.75) is 42.8 Å². The van der Waals surface area contributed by atoms with E-state index in [1.807, 2.05) is 0 Å². The van der Waals surface area contributed by atoms with E-state index in [0.717, 1.165) is 10.4 Å². The Hall–Kier alpha value is -2.09. The minimum atomic E-state index is -4.29. The summed E-state index contributed by atoms with van der Waals surface area (Å²) in [5.74, 6) is -1.90. The van der Waals surface area contributed by atoms with Crippen molar-refractivity contribution in [1.82, 2.24) is 5.32 Å². The lowest BCUT2D eigenvalue weighted by molar-refractivity contribution is -0.140. The van der Waals surface area contributed by atoms with Crippen LogP contribution in [0, 0.1) is 0 Å². The summed E-state index contributed by atoms with van der Waals surface area (Å²) in [5, 5.41) is 2.29. The molecule has 0 aliphatic carbocycles. The van der Waals surface area contributed by atoms with Gasteiger partial charge in [0.05, 0.1) is 23.7 Å². The Labute approximate surface area is 200 Å². The number of fused-ring (bicyclic) bond motifs is 2. The molecule has 0 saturated heterocycles. The van der Waals surface area contributed by atoms with E-state index in [4.69, 9.17) is 28.1 Å². The van der Waals surface area contributed by atoms with Crippen LogP contribution in [0.1, 0.15) is 65.5 Å². The van der Waals surface area contributed by atoms with Crippen molar-refractivity contribution in [2.75, 3.05) is 25.0 Å². The van der Waals surface area contributed by atoms with Gasteiger partial charge in [-0.2, -0.15) is 0 Å². The molecule has 1 N–H and O–H groups in total. The predicted molar refractivity (Wildman–Crippen MR) is 118 cm³/mol. The van der Waals surface area contributed by atoms with Crippen LogP contribution < -0.4 is 9.62 Å². The monoisotopic (exact) mass is 462 g/mol. The van der Waals surface area contributed by atoms with Crippen molar-refractivity contribution in [3.63, 3.8) is 0 Å². The molecule has 1 aliphatic rings. The molecule has 162 valence electrons. The molecule has 6 nitrogen and oxygen atoms in total. The molecule has 8 heteroatoms. The topological polar surface area (TPSA) is 75.7 Å². The van der Waals surface area contributed by atoms with E-state index in [-0.39, 0.29) is 26.7 Å².